The molecule has 0 bridgehead atoms. The van der Waals surface area contributed by atoms with Crippen LogP contribution in [0.4, 0.5) is 0 Å². The lowest BCUT2D eigenvalue weighted by atomic mass is 9.83. The first-order valence-electron chi connectivity index (χ1n) is 7.82. The van der Waals surface area contributed by atoms with Gasteiger partial charge in [-0.3, -0.25) is 4.90 Å². The summed E-state index contributed by atoms with van der Waals surface area (Å²) < 4.78 is 5.57. The van der Waals surface area contributed by atoms with E-state index in [1.54, 1.807) is 0 Å². The van der Waals surface area contributed by atoms with Crippen molar-refractivity contribution in [2.45, 2.75) is 38.1 Å². The molecule has 0 saturated carbocycles. The average molecular weight is 266 g/mol. The van der Waals surface area contributed by atoms with Crippen molar-refractivity contribution in [3.05, 3.63) is 0 Å². The fraction of sp³-hybridized carbons (Fsp3) is 0.933. The Kier molecular flexibility index (Phi) is 4.20. The number of carbonyl (C=O) groups excluding carboxylic acids is 1. The Balaban J connectivity index is 1.62. The Morgan fingerprint density at radius 2 is 2.11 bits per heavy atom. The van der Waals surface area contributed by atoms with Crippen LogP contribution in [-0.4, -0.2) is 68.1 Å². The molecule has 4 nitrogen and oxygen atoms in total. The number of aldehydes is 1. The first kappa shape index (κ1) is 13.5. The predicted molar refractivity (Wildman–Crippen MR) is 74.2 cm³/mol. The summed E-state index contributed by atoms with van der Waals surface area (Å²) in [5.74, 6) is 0. The second kappa shape index (κ2) is 5.90. The van der Waals surface area contributed by atoms with Crippen molar-refractivity contribution < 1.29 is 9.53 Å². The van der Waals surface area contributed by atoms with Gasteiger partial charge in [-0.1, -0.05) is 0 Å². The number of nitrogens with zero attached hydrogens (tertiary/aromatic N) is 2. The molecule has 0 aromatic rings. The molecule has 3 saturated heterocycles. The molecule has 0 aromatic carbocycles. The van der Waals surface area contributed by atoms with Crippen LogP contribution in [0.25, 0.3) is 0 Å². The minimum atomic E-state index is -0.230. The van der Waals surface area contributed by atoms with Gasteiger partial charge in [-0.05, 0) is 51.7 Å². The number of hydrogen-bond donors (Lipinski definition) is 0. The first-order valence-corrected chi connectivity index (χ1v) is 7.82. The van der Waals surface area contributed by atoms with Gasteiger partial charge in [-0.2, -0.15) is 0 Å². The van der Waals surface area contributed by atoms with Gasteiger partial charge in [-0.25, -0.2) is 0 Å². The molecule has 2 unspecified atom stereocenters. The molecule has 0 aromatic heterocycles. The van der Waals surface area contributed by atoms with E-state index in [-0.39, 0.29) is 5.41 Å². The van der Waals surface area contributed by atoms with Gasteiger partial charge in [0.1, 0.15) is 6.29 Å². The molecule has 108 valence electrons. The minimum absolute atomic E-state index is 0.230. The van der Waals surface area contributed by atoms with Crippen molar-refractivity contribution >= 4 is 6.29 Å². The van der Waals surface area contributed by atoms with Gasteiger partial charge < -0.3 is 14.4 Å². The topological polar surface area (TPSA) is 32.8 Å². The van der Waals surface area contributed by atoms with Gasteiger partial charge in [0.15, 0.2) is 0 Å². The molecule has 3 fully saturated rings. The Bertz CT molecular complexity index is 315. The highest BCUT2D eigenvalue weighted by atomic mass is 16.5. The fourth-order valence-corrected chi connectivity index (χ4v) is 4.00. The molecule has 3 aliphatic heterocycles. The van der Waals surface area contributed by atoms with E-state index >= 15 is 0 Å². The second-order valence-corrected chi connectivity index (χ2v) is 6.56. The van der Waals surface area contributed by atoms with Gasteiger partial charge in [-0.15, -0.1) is 0 Å². The summed E-state index contributed by atoms with van der Waals surface area (Å²) >= 11 is 0. The monoisotopic (exact) mass is 266 g/mol. The molecule has 0 amide bonds. The third-order valence-electron chi connectivity index (χ3n) is 5.03. The summed E-state index contributed by atoms with van der Waals surface area (Å²) in [6.07, 6.45) is 7.13. The van der Waals surface area contributed by atoms with Crippen LogP contribution in [0.5, 0.6) is 0 Å². The van der Waals surface area contributed by atoms with E-state index in [4.69, 9.17) is 4.74 Å². The van der Waals surface area contributed by atoms with Crippen molar-refractivity contribution in [1.82, 2.24) is 9.80 Å². The van der Waals surface area contributed by atoms with Crippen molar-refractivity contribution in [2.24, 2.45) is 5.41 Å². The van der Waals surface area contributed by atoms with Gasteiger partial charge in [0.2, 0.25) is 0 Å². The van der Waals surface area contributed by atoms with Crippen molar-refractivity contribution in [3.8, 4) is 0 Å². The molecule has 19 heavy (non-hydrogen) atoms. The van der Waals surface area contributed by atoms with Crippen LogP contribution in [0.3, 0.4) is 0 Å². The Morgan fingerprint density at radius 3 is 2.89 bits per heavy atom. The molecule has 0 aliphatic carbocycles. The van der Waals surface area contributed by atoms with Crippen molar-refractivity contribution in [2.75, 3.05) is 45.9 Å². The Morgan fingerprint density at radius 1 is 1.21 bits per heavy atom. The highest BCUT2D eigenvalue weighted by Crippen LogP contribution is 2.29. The molecule has 3 aliphatic rings. The second-order valence-electron chi connectivity index (χ2n) is 6.56. The molecule has 0 N–H and O–H groups in total. The first-order chi connectivity index (χ1) is 9.31. The molecule has 3 heterocycles. The van der Waals surface area contributed by atoms with E-state index in [0.717, 1.165) is 45.1 Å². The van der Waals surface area contributed by atoms with E-state index in [0.29, 0.717) is 6.61 Å². The molecular weight excluding hydrogens is 240 g/mol. The van der Waals surface area contributed by atoms with E-state index in [2.05, 4.69) is 9.80 Å². The maximum absolute atomic E-state index is 11.6. The smallest absolute Gasteiger partial charge is 0.129 e. The van der Waals surface area contributed by atoms with Crippen LogP contribution < -0.4 is 0 Å². The number of carbonyl (C=O) groups is 1. The molecule has 3 rings (SSSR count). The normalized spacial score (nSPS) is 37.8. The largest absolute Gasteiger partial charge is 0.380 e. The van der Waals surface area contributed by atoms with Crippen LogP contribution in [0.2, 0.25) is 0 Å². The summed E-state index contributed by atoms with van der Waals surface area (Å²) in [7, 11) is 0. The Hall–Kier alpha value is -0.450. The van der Waals surface area contributed by atoms with E-state index in [1.165, 1.54) is 38.6 Å². The predicted octanol–water partition coefficient (Wildman–Crippen LogP) is 1.15. The summed E-state index contributed by atoms with van der Waals surface area (Å²) in [5.41, 5.74) is -0.230. The number of rotatable bonds is 3. The lowest BCUT2D eigenvalue weighted by molar-refractivity contribution is -0.125. The Labute approximate surface area is 116 Å². The SMILES string of the molecule is O=CC1(CN2CCCN3CCCC3C2)CCCOC1. The summed E-state index contributed by atoms with van der Waals surface area (Å²) in [5, 5.41) is 0. The third-order valence-corrected chi connectivity index (χ3v) is 5.03. The lowest BCUT2D eigenvalue weighted by Gasteiger charge is -2.37. The highest BCUT2D eigenvalue weighted by molar-refractivity contribution is 5.60. The van der Waals surface area contributed by atoms with Gasteiger partial charge in [0, 0.05) is 25.7 Å². The van der Waals surface area contributed by atoms with Gasteiger partial charge in [0.05, 0.1) is 12.0 Å². The molecule has 0 radical (unpaired) electrons. The molecule has 4 heteroatoms. The van der Waals surface area contributed by atoms with E-state index < -0.39 is 0 Å². The number of ether oxygens (including phenoxy) is 1. The quantitative estimate of drug-likeness (QED) is 0.718. The summed E-state index contributed by atoms with van der Waals surface area (Å²) in [6, 6.07) is 0.732. The molecule has 0 spiro atoms. The number of hydrogen-bond acceptors (Lipinski definition) is 4. The molecular formula is C15H26N2O2. The average Bonchev–Trinajstić information content (AvgIpc) is 2.79. The van der Waals surface area contributed by atoms with Crippen molar-refractivity contribution in [3.63, 3.8) is 0 Å². The van der Waals surface area contributed by atoms with Gasteiger partial charge >= 0.3 is 0 Å². The molecule has 2 atom stereocenters. The highest BCUT2D eigenvalue weighted by Gasteiger charge is 2.37. The maximum atomic E-state index is 11.6. The number of fused-ring (bicyclic) bond motifs is 1. The lowest BCUT2D eigenvalue weighted by Crippen LogP contribution is -2.46. The van der Waals surface area contributed by atoms with Crippen molar-refractivity contribution in [1.29, 1.82) is 0 Å². The van der Waals surface area contributed by atoms with Gasteiger partial charge in [0.25, 0.3) is 0 Å². The summed E-state index contributed by atoms with van der Waals surface area (Å²) in [6.45, 7) is 7.17. The minimum Gasteiger partial charge on any atom is -0.380 e. The van der Waals surface area contributed by atoms with Crippen LogP contribution in [0, 0.1) is 5.41 Å². The zero-order valence-electron chi connectivity index (χ0n) is 11.9. The van der Waals surface area contributed by atoms with Crippen LogP contribution in [0.1, 0.15) is 32.1 Å². The zero-order chi connectivity index (χ0) is 13.1. The maximum Gasteiger partial charge on any atom is 0.129 e. The summed E-state index contributed by atoms with van der Waals surface area (Å²) in [4.78, 5) is 16.7. The standard InChI is InChI=1S/C15H26N2O2/c18-12-15(5-2-9-19-13-15)11-16-6-3-8-17-7-1-4-14(17)10-16/h12,14H,1-11,13H2. The fourth-order valence-electron chi connectivity index (χ4n) is 4.00. The van der Waals surface area contributed by atoms with E-state index in [1.807, 2.05) is 0 Å². The third kappa shape index (κ3) is 3.01. The van der Waals surface area contributed by atoms with E-state index in [9.17, 15) is 4.79 Å². The van der Waals surface area contributed by atoms with Crippen LogP contribution in [-0.2, 0) is 9.53 Å². The van der Waals surface area contributed by atoms with Crippen LogP contribution in [0.15, 0.2) is 0 Å². The van der Waals surface area contributed by atoms with Crippen LogP contribution >= 0.6 is 0 Å². The zero-order valence-corrected chi connectivity index (χ0v) is 11.9.